The molecule has 29 heavy (non-hydrogen) atoms. The summed E-state index contributed by atoms with van der Waals surface area (Å²) in [5, 5.41) is 10.4. The Hall–Kier alpha value is -2.59. The van der Waals surface area contributed by atoms with Gasteiger partial charge in [-0.15, -0.1) is 0 Å². The van der Waals surface area contributed by atoms with Gasteiger partial charge in [0.05, 0.1) is 0 Å². The van der Waals surface area contributed by atoms with Gasteiger partial charge in [0.1, 0.15) is 11.3 Å². The number of hydrogen-bond donors (Lipinski definition) is 2. The summed E-state index contributed by atoms with van der Waals surface area (Å²) in [5.41, 5.74) is 7.91. The number of nitrogens with one attached hydrogen (secondary N) is 1. The monoisotopic (exact) mass is 398 g/mol. The molecule has 0 aliphatic carbocycles. The minimum absolute atomic E-state index is 0.246. The molecule has 0 aliphatic rings. The summed E-state index contributed by atoms with van der Waals surface area (Å²) in [5.74, 6) is 1.19. The highest BCUT2D eigenvalue weighted by Crippen LogP contribution is 2.24. The Labute approximate surface area is 176 Å². The second kappa shape index (κ2) is 14.4. The number of para-hydroxylation sites is 1. The number of phenols is 1. The van der Waals surface area contributed by atoms with Gasteiger partial charge in [-0.05, 0) is 56.5 Å². The van der Waals surface area contributed by atoms with Crippen molar-refractivity contribution in [1.82, 2.24) is 10.5 Å². The highest BCUT2D eigenvalue weighted by molar-refractivity contribution is 5.84. The third kappa shape index (κ3) is 8.53. The van der Waals surface area contributed by atoms with Crippen LogP contribution in [0.2, 0.25) is 0 Å². The van der Waals surface area contributed by atoms with E-state index in [0.29, 0.717) is 5.52 Å². The molecule has 2 aromatic carbocycles. The predicted octanol–water partition coefficient (Wildman–Crippen LogP) is 6.82. The van der Waals surface area contributed by atoms with Gasteiger partial charge in [0, 0.05) is 18.1 Å². The first-order valence-electron chi connectivity index (χ1n) is 10.3. The second-order valence-electron chi connectivity index (χ2n) is 6.47. The highest BCUT2D eigenvalue weighted by Gasteiger charge is 2.05. The molecule has 160 valence electrons. The zero-order valence-corrected chi connectivity index (χ0v) is 19.6. The van der Waals surface area contributed by atoms with Gasteiger partial charge < -0.3 is 9.94 Å². The average molecular weight is 399 g/mol. The summed E-state index contributed by atoms with van der Waals surface area (Å²) in [6.07, 6.45) is 1.25. The molecule has 0 atom stereocenters. The normalized spacial score (nSPS) is 9.28. The summed E-state index contributed by atoms with van der Waals surface area (Å²) >= 11 is 0. The highest BCUT2D eigenvalue weighted by atomic mass is 16.6. The zero-order chi connectivity index (χ0) is 22.4. The number of hydrogen-bond acceptors (Lipinski definition) is 4. The summed E-state index contributed by atoms with van der Waals surface area (Å²) in [7, 11) is 1.77. The maximum atomic E-state index is 9.43. The molecule has 4 nitrogen and oxygen atoms in total. The molecule has 1 aromatic heterocycles. The van der Waals surface area contributed by atoms with E-state index in [1.54, 1.807) is 13.1 Å². The van der Waals surface area contributed by atoms with E-state index in [2.05, 4.69) is 50.3 Å². The van der Waals surface area contributed by atoms with Crippen molar-refractivity contribution in [1.29, 1.82) is 0 Å². The lowest BCUT2D eigenvalue weighted by molar-refractivity contribution is 0.220. The number of hydroxylamine groups is 1. The molecule has 0 unspecified atom stereocenters. The Kier molecular flexibility index (Phi) is 13.1. The lowest BCUT2D eigenvalue weighted by Gasteiger charge is -2.11. The van der Waals surface area contributed by atoms with Crippen LogP contribution in [0.25, 0.3) is 10.9 Å². The molecule has 0 aliphatic heterocycles. The topological polar surface area (TPSA) is 54.4 Å². The van der Waals surface area contributed by atoms with Crippen LogP contribution in [0.4, 0.5) is 0 Å². The molecule has 0 saturated heterocycles. The SMILES string of the molecule is CC.CCC.CNOc1c(C)ccc(C)c1C.Cc1ccc2cccc(O)c2n1. The van der Waals surface area contributed by atoms with Gasteiger partial charge >= 0.3 is 0 Å². The molecule has 0 spiro atoms. The third-order valence-electron chi connectivity index (χ3n) is 3.92. The Bertz CT molecular complexity index is 861. The van der Waals surface area contributed by atoms with Gasteiger partial charge in [-0.25, -0.2) is 4.98 Å². The molecule has 0 fully saturated rings. The van der Waals surface area contributed by atoms with E-state index in [9.17, 15) is 5.11 Å². The van der Waals surface area contributed by atoms with Crippen LogP contribution in [0.3, 0.4) is 0 Å². The van der Waals surface area contributed by atoms with Gasteiger partial charge in [-0.1, -0.05) is 64.4 Å². The maximum Gasteiger partial charge on any atom is 0.153 e. The Balaban J connectivity index is 0.000000444. The van der Waals surface area contributed by atoms with Crippen LogP contribution < -0.4 is 10.3 Å². The molecule has 2 N–H and O–H groups in total. The molecule has 0 saturated carbocycles. The van der Waals surface area contributed by atoms with Crippen molar-refractivity contribution < 1.29 is 9.94 Å². The van der Waals surface area contributed by atoms with Gasteiger partial charge in [0.25, 0.3) is 0 Å². The number of pyridine rings is 1. The van der Waals surface area contributed by atoms with E-state index in [1.807, 2.05) is 52.0 Å². The molecular weight excluding hydrogens is 360 g/mol. The van der Waals surface area contributed by atoms with Gasteiger partial charge in [0.2, 0.25) is 0 Å². The first-order valence-corrected chi connectivity index (χ1v) is 10.3. The van der Waals surface area contributed by atoms with E-state index >= 15 is 0 Å². The van der Waals surface area contributed by atoms with Gasteiger partial charge in [-0.2, -0.15) is 5.48 Å². The van der Waals surface area contributed by atoms with Gasteiger partial charge in [-0.3, -0.25) is 0 Å². The van der Waals surface area contributed by atoms with Gasteiger partial charge in [0.15, 0.2) is 5.75 Å². The van der Waals surface area contributed by atoms with Crippen LogP contribution in [0, 0.1) is 27.7 Å². The minimum atomic E-state index is 0.246. The van der Waals surface area contributed by atoms with Crippen LogP contribution in [-0.4, -0.2) is 17.1 Å². The van der Waals surface area contributed by atoms with Crippen LogP contribution >= 0.6 is 0 Å². The van der Waals surface area contributed by atoms with Crippen LogP contribution in [0.5, 0.6) is 11.5 Å². The first kappa shape index (κ1) is 26.4. The molecular formula is C25H38N2O2. The molecule has 0 radical (unpaired) electrons. The second-order valence-corrected chi connectivity index (χ2v) is 6.47. The number of aromatic hydroxyl groups is 1. The molecule has 1 heterocycles. The molecule has 4 heteroatoms. The standard InChI is InChI=1S/C10H9NO.C10H15NO.C3H8.C2H6/c1-7-5-6-8-3-2-4-9(12)10(8)11-7;1-7-5-6-8(2)10(9(7)3)12-11-4;1-3-2;1-2/h2-6,12H,1H3;5-6,11H,1-4H3;3H2,1-2H3;1-2H3. The van der Waals surface area contributed by atoms with E-state index in [1.165, 1.54) is 17.5 Å². The fraction of sp³-hybridized carbons (Fsp3) is 0.400. The summed E-state index contributed by atoms with van der Waals surface area (Å²) in [6.45, 7) is 16.3. The van der Waals surface area contributed by atoms with E-state index in [0.717, 1.165) is 22.4 Å². The quantitative estimate of drug-likeness (QED) is 0.465. The van der Waals surface area contributed by atoms with Crippen LogP contribution in [0.1, 0.15) is 56.5 Å². The maximum absolute atomic E-state index is 9.43. The van der Waals surface area contributed by atoms with Crippen LogP contribution in [-0.2, 0) is 0 Å². The third-order valence-corrected chi connectivity index (χ3v) is 3.92. The van der Waals surface area contributed by atoms with Crippen molar-refractivity contribution in [3.05, 3.63) is 64.8 Å². The summed E-state index contributed by atoms with van der Waals surface area (Å²) in [6, 6.07) is 13.5. The Morgan fingerprint density at radius 2 is 1.48 bits per heavy atom. The number of nitrogens with zero attached hydrogens (tertiary/aromatic N) is 1. The lowest BCUT2D eigenvalue weighted by atomic mass is 10.1. The largest absolute Gasteiger partial charge is 0.506 e. The van der Waals surface area contributed by atoms with Crippen molar-refractivity contribution in [2.45, 2.75) is 61.8 Å². The molecule has 0 bridgehead atoms. The van der Waals surface area contributed by atoms with Crippen molar-refractivity contribution >= 4 is 10.9 Å². The predicted molar refractivity (Wildman–Crippen MR) is 126 cm³/mol. The van der Waals surface area contributed by atoms with E-state index < -0.39 is 0 Å². The first-order chi connectivity index (χ1) is 13.8. The van der Waals surface area contributed by atoms with Crippen molar-refractivity contribution in [2.24, 2.45) is 0 Å². The lowest BCUT2D eigenvalue weighted by Crippen LogP contribution is -2.13. The minimum Gasteiger partial charge on any atom is -0.506 e. The fourth-order valence-electron chi connectivity index (χ4n) is 2.41. The molecule has 0 amide bonds. The van der Waals surface area contributed by atoms with Crippen molar-refractivity contribution in [3.8, 4) is 11.5 Å². The van der Waals surface area contributed by atoms with Crippen molar-refractivity contribution in [2.75, 3.05) is 7.05 Å². The number of fused-ring (bicyclic) bond motifs is 1. The van der Waals surface area contributed by atoms with Crippen molar-refractivity contribution in [3.63, 3.8) is 0 Å². The number of benzene rings is 2. The number of aromatic nitrogens is 1. The molecule has 3 aromatic rings. The number of rotatable bonds is 2. The molecule has 3 rings (SSSR count). The summed E-state index contributed by atoms with van der Waals surface area (Å²) < 4.78 is 0. The average Bonchev–Trinajstić information content (AvgIpc) is 2.72. The Morgan fingerprint density at radius 3 is 2.07 bits per heavy atom. The number of phenolic OH excluding ortho intramolecular Hbond substituents is 1. The smallest absolute Gasteiger partial charge is 0.153 e. The van der Waals surface area contributed by atoms with E-state index in [4.69, 9.17) is 4.84 Å². The fourth-order valence-corrected chi connectivity index (χ4v) is 2.41. The van der Waals surface area contributed by atoms with E-state index in [-0.39, 0.29) is 5.75 Å². The zero-order valence-electron chi connectivity index (χ0n) is 19.6. The summed E-state index contributed by atoms with van der Waals surface area (Å²) in [4.78, 5) is 9.52. The number of aryl methyl sites for hydroxylation is 3. The van der Waals surface area contributed by atoms with Crippen LogP contribution in [0.15, 0.2) is 42.5 Å². The Morgan fingerprint density at radius 1 is 0.897 bits per heavy atom.